The van der Waals surface area contributed by atoms with Gasteiger partial charge in [0.25, 0.3) is 11.5 Å². The number of thioether (sulfide) groups is 1. The van der Waals surface area contributed by atoms with Crippen molar-refractivity contribution < 1.29 is 9.59 Å². The largest absolute Gasteiger partial charge is 0.366 e. The van der Waals surface area contributed by atoms with Gasteiger partial charge in [0, 0.05) is 11.0 Å². The molecule has 0 aliphatic carbocycles. The second-order valence-electron chi connectivity index (χ2n) is 5.88. The predicted molar refractivity (Wildman–Crippen MR) is 116 cm³/mol. The normalized spacial score (nSPS) is 10.9. The lowest BCUT2D eigenvalue weighted by atomic mass is 10.2. The van der Waals surface area contributed by atoms with Crippen molar-refractivity contribution in [3.05, 3.63) is 50.0 Å². The van der Waals surface area contributed by atoms with E-state index in [-0.39, 0.29) is 22.8 Å². The Labute approximate surface area is 177 Å². The van der Waals surface area contributed by atoms with Crippen LogP contribution < -0.4 is 16.6 Å². The van der Waals surface area contributed by atoms with Crippen molar-refractivity contribution in [1.82, 2.24) is 9.55 Å². The number of hydrogen-bond acceptors (Lipinski definition) is 6. The molecule has 0 aliphatic heterocycles. The van der Waals surface area contributed by atoms with Crippen LogP contribution in [0.25, 0.3) is 10.9 Å². The van der Waals surface area contributed by atoms with Crippen LogP contribution in [0.3, 0.4) is 0 Å². The summed E-state index contributed by atoms with van der Waals surface area (Å²) in [5.41, 5.74) is 6.02. The number of nitrogens with zero attached hydrogens (tertiary/aromatic N) is 2. The van der Waals surface area contributed by atoms with E-state index in [2.05, 4.69) is 26.2 Å². The van der Waals surface area contributed by atoms with Gasteiger partial charge in [-0.25, -0.2) is 4.98 Å². The molecule has 0 saturated carbocycles. The number of primary amides is 1. The smallest absolute Gasteiger partial charge is 0.262 e. The maximum absolute atomic E-state index is 12.9. The van der Waals surface area contributed by atoms with Crippen LogP contribution in [0, 0.1) is 0 Å². The van der Waals surface area contributed by atoms with Gasteiger partial charge in [-0.3, -0.25) is 19.0 Å². The monoisotopic (exact) mass is 480 g/mol. The van der Waals surface area contributed by atoms with Crippen LogP contribution >= 0.6 is 39.0 Å². The maximum Gasteiger partial charge on any atom is 0.262 e. The summed E-state index contributed by atoms with van der Waals surface area (Å²) in [6.07, 6.45) is 0.762. The van der Waals surface area contributed by atoms with E-state index < -0.39 is 5.91 Å². The molecule has 2 heterocycles. The summed E-state index contributed by atoms with van der Waals surface area (Å²) in [4.78, 5) is 41.1. The second-order valence-corrected chi connectivity index (χ2v) is 8.65. The average molecular weight is 481 g/mol. The molecule has 28 heavy (non-hydrogen) atoms. The maximum atomic E-state index is 12.9. The lowest BCUT2D eigenvalue weighted by Crippen LogP contribution is -2.24. The van der Waals surface area contributed by atoms with Crippen LogP contribution in [0.5, 0.6) is 0 Å². The number of nitrogens with one attached hydrogen (secondary N) is 1. The third kappa shape index (κ3) is 4.45. The fourth-order valence-electron chi connectivity index (χ4n) is 2.60. The third-order valence-electron chi connectivity index (χ3n) is 3.84. The van der Waals surface area contributed by atoms with Gasteiger partial charge in [0.05, 0.1) is 22.2 Å². The summed E-state index contributed by atoms with van der Waals surface area (Å²) < 4.78 is 2.40. The van der Waals surface area contributed by atoms with Gasteiger partial charge in [0.1, 0.15) is 5.00 Å². The Balaban J connectivity index is 1.83. The van der Waals surface area contributed by atoms with Crippen LogP contribution in [0.15, 0.2) is 44.1 Å². The fourth-order valence-corrected chi connectivity index (χ4v) is 4.59. The van der Waals surface area contributed by atoms with E-state index in [1.807, 2.05) is 13.0 Å². The van der Waals surface area contributed by atoms with Crippen molar-refractivity contribution in [2.75, 3.05) is 11.1 Å². The van der Waals surface area contributed by atoms with E-state index >= 15 is 0 Å². The van der Waals surface area contributed by atoms with E-state index in [0.29, 0.717) is 27.6 Å². The van der Waals surface area contributed by atoms with E-state index in [9.17, 15) is 14.4 Å². The van der Waals surface area contributed by atoms with E-state index in [0.717, 1.165) is 10.9 Å². The molecule has 0 saturated heterocycles. The van der Waals surface area contributed by atoms with E-state index in [1.165, 1.54) is 23.1 Å². The Morgan fingerprint density at radius 1 is 1.36 bits per heavy atom. The first-order valence-corrected chi connectivity index (χ1v) is 11.1. The lowest BCUT2D eigenvalue weighted by molar-refractivity contribution is -0.113. The highest BCUT2D eigenvalue weighted by Gasteiger charge is 2.16. The number of benzene rings is 1. The number of rotatable bonds is 7. The number of carbonyl (C=O) groups excluding carboxylic acids is 2. The summed E-state index contributed by atoms with van der Waals surface area (Å²) in [6, 6.07) is 6.91. The van der Waals surface area contributed by atoms with Crippen LogP contribution in [0.4, 0.5) is 5.00 Å². The van der Waals surface area contributed by atoms with Crippen molar-refractivity contribution in [2.24, 2.45) is 5.73 Å². The number of halogens is 1. The minimum absolute atomic E-state index is 0.0499. The molecule has 1 aromatic carbocycles. The fraction of sp³-hybridized carbons (Fsp3) is 0.222. The zero-order valence-electron chi connectivity index (χ0n) is 14.9. The first-order valence-electron chi connectivity index (χ1n) is 8.40. The van der Waals surface area contributed by atoms with Gasteiger partial charge in [-0.05, 0) is 36.1 Å². The molecular weight excluding hydrogens is 464 g/mol. The van der Waals surface area contributed by atoms with E-state index in [1.54, 1.807) is 28.1 Å². The van der Waals surface area contributed by atoms with Crippen LogP contribution in [-0.4, -0.2) is 27.1 Å². The Morgan fingerprint density at radius 2 is 2.14 bits per heavy atom. The van der Waals surface area contributed by atoms with Gasteiger partial charge in [-0.15, -0.1) is 11.3 Å². The molecule has 3 rings (SSSR count). The Kier molecular flexibility index (Phi) is 6.53. The number of thiophene rings is 1. The molecule has 2 amide bonds. The Bertz CT molecular complexity index is 1110. The number of nitrogens with two attached hydrogens (primary N) is 1. The molecule has 0 aliphatic rings. The molecule has 146 valence electrons. The molecule has 0 bridgehead atoms. The third-order valence-corrected chi connectivity index (χ3v) is 6.14. The number of fused-ring (bicyclic) bond motifs is 1. The van der Waals surface area contributed by atoms with E-state index in [4.69, 9.17) is 5.73 Å². The predicted octanol–water partition coefficient (Wildman–Crippen LogP) is 3.46. The number of hydrogen-bond donors (Lipinski definition) is 2. The van der Waals surface area contributed by atoms with Crippen LogP contribution in [-0.2, 0) is 11.3 Å². The van der Waals surface area contributed by atoms with Crippen molar-refractivity contribution >= 4 is 66.7 Å². The van der Waals surface area contributed by atoms with Crippen molar-refractivity contribution in [3.8, 4) is 0 Å². The minimum atomic E-state index is -0.594. The molecule has 10 heteroatoms. The highest BCUT2D eigenvalue weighted by atomic mass is 79.9. The zero-order valence-corrected chi connectivity index (χ0v) is 18.1. The molecule has 0 radical (unpaired) electrons. The van der Waals surface area contributed by atoms with Crippen molar-refractivity contribution in [2.45, 2.75) is 25.0 Å². The topological polar surface area (TPSA) is 107 Å². The molecule has 7 nitrogen and oxygen atoms in total. The quantitative estimate of drug-likeness (QED) is 0.397. The molecule has 0 unspecified atom stereocenters. The van der Waals surface area contributed by atoms with Crippen molar-refractivity contribution in [1.29, 1.82) is 0 Å². The van der Waals surface area contributed by atoms with Gasteiger partial charge in [0.2, 0.25) is 5.91 Å². The van der Waals surface area contributed by atoms with Gasteiger partial charge >= 0.3 is 0 Å². The van der Waals surface area contributed by atoms with Crippen LogP contribution in [0.1, 0.15) is 23.7 Å². The first kappa shape index (κ1) is 20.6. The highest BCUT2D eigenvalue weighted by Crippen LogP contribution is 2.24. The summed E-state index contributed by atoms with van der Waals surface area (Å²) in [5, 5.41) is 5.81. The highest BCUT2D eigenvalue weighted by molar-refractivity contribution is 9.10. The number of amides is 2. The summed E-state index contributed by atoms with van der Waals surface area (Å²) >= 11 is 5.79. The lowest BCUT2D eigenvalue weighted by Gasteiger charge is -2.12. The molecule has 3 N–H and O–H groups in total. The second kappa shape index (κ2) is 8.89. The standard InChI is InChI=1S/C18H17BrN4O3S2/c1-2-6-23-17(26)12-8-10(19)3-4-13(12)21-18(23)28-9-14(24)22-16-11(15(20)25)5-7-27-16/h3-5,7-8H,2,6,9H2,1H3,(H2,20,25)(H,22,24). The molecule has 2 aromatic heterocycles. The summed E-state index contributed by atoms with van der Waals surface area (Å²) in [5.74, 6) is -0.847. The molecule has 0 atom stereocenters. The van der Waals surface area contributed by atoms with Crippen molar-refractivity contribution in [3.63, 3.8) is 0 Å². The number of aromatic nitrogens is 2. The summed E-state index contributed by atoms with van der Waals surface area (Å²) in [7, 11) is 0. The molecule has 0 fully saturated rings. The Hall–Kier alpha value is -2.17. The number of anilines is 1. The van der Waals surface area contributed by atoms with Gasteiger partial charge in [0.15, 0.2) is 5.16 Å². The van der Waals surface area contributed by atoms with Crippen LogP contribution in [0.2, 0.25) is 0 Å². The first-order chi connectivity index (χ1) is 13.4. The average Bonchev–Trinajstić information content (AvgIpc) is 3.11. The van der Waals surface area contributed by atoms with Gasteiger partial charge in [-0.1, -0.05) is 34.6 Å². The molecular formula is C18H17BrN4O3S2. The minimum Gasteiger partial charge on any atom is -0.366 e. The van der Waals surface area contributed by atoms with Gasteiger partial charge in [-0.2, -0.15) is 0 Å². The molecule has 3 aromatic rings. The van der Waals surface area contributed by atoms with Gasteiger partial charge < -0.3 is 11.1 Å². The SMILES string of the molecule is CCCn1c(SCC(=O)Nc2sccc2C(N)=O)nc2ccc(Br)cc2c1=O. The Morgan fingerprint density at radius 3 is 2.86 bits per heavy atom. The molecule has 0 spiro atoms. The summed E-state index contributed by atoms with van der Waals surface area (Å²) in [6.45, 7) is 2.48. The number of carbonyl (C=O) groups is 2. The zero-order chi connectivity index (χ0) is 20.3.